The van der Waals surface area contributed by atoms with Crippen molar-refractivity contribution in [2.45, 2.75) is 6.61 Å². The van der Waals surface area contributed by atoms with Gasteiger partial charge in [0.05, 0.1) is 6.61 Å². The van der Waals surface area contributed by atoms with Gasteiger partial charge in [0.15, 0.2) is 0 Å². The van der Waals surface area contributed by atoms with Crippen LogP contribution in [0.25, 0.3) is 0 Å². The Kier molecular flexibility index (Phi) is 5.03. The Balaban J connectivity index is 2.31. The van der Waals surface area contributed by atoms with Crippen LogP contribution in [0.3, 0.4) is 0 Å². The third kappa shape index (κ3) is 3.65. The van der Waals surface area contributed by atoms with Crippen LogP contribution in [0.5, 0.6) is 0 Å². The van der Waals surface area contributed by atoms with Gasteiger partial charge in [-0.15, -0.1) is 0 Å². The van der Waals surface area contributed by atoms with Crippen LogP contribution >= 0.6 is 15.9 Å². The van der Waals surface area contributed by atoms with Gasteiger partial charge in [0.1, 0.15) is 17.2 Å². The van der Waals surface area contributed by atoms with Crippen LogP contribution < -0.4 is 5.32 Å². The van der Waals surface area contributed by atoms with Crippen molar-refractivity contribution in [1.82, 2.24) is 0 Å². The fraction of sp³-hybridized carbons (Fsp3) is 0.133. The minimum Gasteiger partial charge on any atom is -0.380 e. The van der Waals surface area contributed by atoms with Crippen molar-refractivity contribution in [3.8, 4) is 0 Å². The number of nitrogens with one attached hydrogen (secondary N) is 1. The maximum atomic E-state index is 13.8. The number of carbonyl (C=O) groups excluding carboxylic acids is 1. The average molecular weight is 356 g/mol. The van der Waals surface area contributed by atoms with Crippen molar-refractivity contribution in [2.24, 2.45) is 0 Å². The van der Waals surface area contributed by atoms with Crippen LogP contribution in [0.1, 0.15) is 15.9 Å². The monoisotopic (exact) mass is 355 g/mol. The largest absolute Gasteiger partial charge is 0.380 e. The number of anilines is 1. The van der Waals surface area contributed by atoms with E-state index in [1.165, 1.54) is 7.11 Å². The third-order valence-corrected chi connectivity index (χ3v) is 3.26. The van der Waals surface area contributed by atoms with E-state index in [0.29, 0.717) is 11.3 Å². The number of halogens is 3. The van der Waals surface area contributed by atoms with Gasteiger partial charge in [0.2, 0.25) is 0 Å². The number of benzene rings is 2. The number of para-hydroxylation sites is 1. The molecule has 0 fully saturated rings. The van der Waals surface area contributed by atoms with Crippen molar-refractivity contribution in [3.05, 3.63) is 63.6 Å². The maximum Gasteiger partial charge on any atom is 0.261 e. The number of ether oxygens (including phenoxy) is 1. The van der Waals surface area contributed by atoms with Gasteiger partial charge in [-0.25, -0.2) is 8.78 Å². The molecule has 0 heterocycles. The first-order chi connectivity index (χ1) is 10.0. The highest BCUT2D eigenvalue weighted by molar-refractivity contribution is 9.10. The van der Waals surface area contributed by atoms with E-state index in [4.69, 9.17) is 4.74 Å². The van der Waals surface area contributed by atoms with E-state index in [2.05, 4.69) is 21.2 Å². The minimum atomic E-state index is -0.927. The predicted octanol–water partition coefficient (Wildman–Crippen LogP) is 4.13. The molecule has 0 spiro atoms. The molecule has 1 N–H and O–H groups in total. The lowest BCUT2D eigenvalue weighted by atomic mass is 10.1. The predicted molar refractivity (Wildman–Crippen MR) is 79.2 cm³/mol. The highest BCUT2D eigenvalue weighted by Gasteiger charge is 2.19. The molecule has 110 valence electrons. The first kappa shape index (κ1) is 15.6. The molecule has 1 amide bonds. The van der Waals surface area contributed by atoms with E-state index in [0.717, 1.165) is 12.1 Å². The quantitative estimate of drug-likeness (QED) is 0.895. The molecule has 0 aromatic heterocycles. The fourth-order valence-electron chi connectivity index (χ4n) is 1.87. The molecular formula is C15H12BrF2NO2. The molecule has 0 aliphatic carbocycles. The zero-order valence-electron chi connectivity index (χ0n) is 11.1. The zero-order chi connectivity index (χ0) is 15.4. The summed E-state index contributed by atoms with van der Waals surface area (Å²) in [4.78, 5) is 12.1. The summed E-state index contributed by atoms with van der Waals surface area (Å²) < 4.78 is 32.8. The Bertz CT molecular complexity index is 653. The van der Waals surface area contributed by atoms with E-state index in [9.17, 15) is 13.6 Å². The molecule has 0 radical (unpaired) electrons. The minimum absolute atomic E-state index is 0.230. The second kappa shape index (κ2) is 6.78. The second-order valence-corrected chi connectivity index (χ2v) is 5.20. The highest BCUT2D eigenvalue weighted by Crippen LogP contribution is 2.22. The van der Waals surface area contributed by atoms with Gasteiger partial charge in [0, 0.05) is 22.8 Å². The Hall–Kier alpha value is -1.79. The molecule has 6 heteroatoms. The fourth-order valence-corrected chi connectivity index (χ4v) is 2.27. The smallest absolute Gasteiger partial charge is 0.261 e. The molecule has 0 unspecified atom stereocenters. The summed E-state index contributed by atoms with van der Waals surface area (Å²) in [5, 5.41) is 2.50. The van der Waals surface area contributed by atoms with Crippen molar-refractivity contribution >= 4 is 27.5 Å². The van der Waals surface area contributed by atoms with Gasteiger partial charge in [-0.05, 0) is 18.2 Å². The van der Waals surface area contributed by atoms with Crippen LogP contribution in [-0.4, -0.2) is 13.0 Å². The number of hydrogen-bond donors (Lipinski definition) is 1. The first-order valence-corrected chi connectivity index (χ1v) is 6.85. The number of carbonyl (C=O) groups is 1. The Morgan fingerprint density at radius 2 is 1.86 bits per heavy atom. The van der Waals surface area contributed by atoms with E-state index < -0.39 is 23.1 Å². The zero-order valence-corrected chi connectivity index (χ0v) is 12.7. The van der Waals surface area contributed by atoms with Crippen molar-refractivity contribution in [1.29, 1.82) is 0 Å². The lowest BCUT2D eigenvalue weighted by molar-refractivity contribution is 0.101. The number of hydrogen-bond acceptors (Lipinski definition) is 2. The van der Waals surface area contributed by atoms with E-state index in [-0.39, 0.29) is 11.1 Å². The summed E-state index contributed by atoms with van der Waals surface area (Å²) in [6.07, 6.45) is 0. The Morgan fingerprint density at radius 3 is 2.48 bits per heavy atom. The van der Waals surface area contributed by atoms with Crippen LogP contribution in [0.4, 0.5) is 14.5 Å². The van der Waals surface area contributed by atoms with Gasteiger partial charge in [-0.2, -0.15) is 0 Å². The Morgan fingerprint density at radius 1 is 1.24 bits per heavy atom. The average Bonchev–Trinajstić information content (AvgIpc) is 2.40. The van der Waals surface area contributed by atoms with Crippen LogP contribution in [-0.2, 0) is 11.3 Å². The standard InChI is InChI=1S/C15H12BrF2NO2/c1-21-8-9-4-2-3-5-13(9)19-15(20)14-11(17)6-10(16)7-12(14)18/h2-7H,8H2,1H3,(H,19,20). The van der Waals surface area contributed by atoms with Crippen LogP contribution in [0.2, 0.25) is 0 Å². The molecule has 21 heavy (non-hydrogen) atoms. The summed E-state index contributed by atoms with van der Waals surface area (Å²) >= 11 is 2.97. The molecule has 2 rings (SSSR count). The van der Waals surface area contributed by atoms with E-state index in [1.54, 1.807) is 24.3 Å². The van der Waals surface area contributed by atoms with Crippen molar-refractivity contribution < 1.29 is 18.3 Å². The second-order valence-electron chi connectivity index (χ2n) is 4.29. The number of rotatable bonds is 4. The lowest BCUT2D eigenvalue weighted by Crippen LogP contribution is -2.17. The van der Waals surface area contributed by atoms with Crippen LogP contribution in [0, 0.1) is 11.6 Å². The summed E-state index contributed by atoms with van der Waals surface area (Å²) in [5.41, 5.74) is 0.544. The lowest BCUT2D eigenvalue weighted by Gasteiger charge is -2.11. The molecule has 2 aromatic carbocycles. The molecule has 0 atom stereocenters. The molecule has 0 aliphatic heterocycles. The Labute approximate surface area is 129 Å². The highest BCUT2D eigenvalue weighted by atomic mass is 79.9. The molecule has 0 aliphatic rings. The molecule has 0 saturated heterocycles. The molecule has 0 saturated carbocycles. The number of methoxy groups -OCH3 is 1. The van der Waals surface area contributed by atoms with Crippen molar-refractivity contribution in [2.75, 3.05) is 12.4 Å². The molecular weight excluding hydrogens is 344 g/mol. The maximum absolute atomic E-state index is 13.8. The van der Waals surface area contributed by atoms with E-state index >= 15 is 0 Å². The summed E-state index contributed by atoms with van der Waals surface area (Å²) in [6.45, 7) is 0.280. The topological polar surface area (TPSA) is 38.3 Å². The van der Waals surface area contributed by atoms with Gasteiger partial charge in [0.25, 0.3) is 5.91 Å². The normalized spacial score (nSPS) is 10.5. The number of amides is 1. The van der Waals surface area contributed by atoms with Gasteiger partial charge in [-0.3, -0.25) is 4.79 Å². The van der Waals surface area contributed by atoms with Crippen LogP contribution in [0.15, 0.2) is 40.9 Å². The van der Waals surface area contributed by atoms with Gasteiger partial charge < -0.3 is 10.1 Å². The SMILES string of the molecule is COCc1ccccc1NC(=O)c1c(F)cc(Br)cc1F. The summed E-state index contributed by atoms with van der Waals surface area (Å²) in [6, 6.07) is 8.97. The van der Waals surface area contributed by atoms with Gasteiger partial charge >= 0.3 is 0 Å². The summed E-state index contributed by atoms with van der Waals surface area (Å²) in [7, 11) is 1.52. The van der Waals surface area contributed by atoms with Crippen molar-refractivity contribution in [3.63, 3.8) is 0 Å². The third-order valence-electron chi connectivity index (χ3n) is 2.80. The first-order valence-electron chi connectivity index (χ1n) is 6.05. The molecule has 0 bridgehead atoms. The molecule has 3 nitrogen and oxygen atoms in total. The summed E-state index contributed by atoms with van der Waals surface area (Å²) in [5.74, 6) is -2.70. The van der Waals surface area contributed by atoms with Gasteiger partial charge in [-0.1, -0.05) is 34.1 Å². The van der Waals surface area contributed by atoms with E-state index in [1.807, 2.05) is 0 Å². The molecule has 2 aromatic rings.